The Morgan fingerprint density at radius 2 is 1.81 bits per heavy atom. The average Bonchev–Trinajstić information content (AvgIpc) is 2.97. The Bertz CT molecular complexity index is 1840. The van der Waals surface area contributed by atoms with Crippen LogP contribution in [-0.4, -0.2) is 60.5 Å². The number of carbonyl (C=O) groups is 1. The third-order valence-electron chi connectivity index (χ3n) is 7.70. The predicted octanol–water partition coefficient (Wildman–Crippen LogP) is 5.72. The number of hydrogen-bond donors (Lipinski definition) is 0. The number of carbonyl (C=O) groups excluding carboxylic acids is 1. The van der Waals surface area contributed by atoms with Gasteiger partial charge < -0.3 is 9.80 Å². The van der Waals surface area contributed by atoms with Gasteiger partial charge in [-0.05, 0) is 57.0 Å². The number of hydrogen-bond acceptors (Lipinski definition) is 7. The number of aryl methyl sites for hydroxylation is 1. The van der Waals surface area contributed by atoms with Gasteiger partial charge in [-0.3, -0.25) is 4.79 Å². The lowest BCUT2D eigenvalue weighted by Gasteiger charge is -2.44. The van der Waals surface area contributed by atoms with Gasteiger partial charge in [0.1, 0.15) is 11.6 Å². The van der Waals surface area contributed by atoms with Gasteiger partial charge >= 0.3 is 5.69 Å². The highest BCUT2D eigenvalue weighted by Crippen LogP contribution is 2.36. The number of fused-ring (bicyclic) bond motifs is 1. The summed E-state index contributed by atoms with van der Waals surface area (Å²) in [4.78, 5) is 49.0. The molecule has 1 aromatic carbocycles. The van der Waals surface area contributed by atoms with Crippen molar-refractivity contribution >= 4 is 40.4 Å². The van der Waals surface area contributed by atoms with E-state index >= 15 is 4.39 Å². The number of benzene rings is 1. The minimum atomic E-state index is -0.596. The minimum absolute atomic E-state index is 0.0910. The van der Waals surface area contributed by atoms with Gasteiger partial charge in [-0.2, -0.15) is 4.98 Å². The molecule has 1 aliphatic heterocycles. The van der Waals surface area contributed by atoms with Gasteiger partial charge in [-0.1, -0.05) is 50.7 Å². The first-order valence-corrected chi connectivity index (χ1v) is 14.4. The maximum absolute atomic E-state index is 15.0. The molecule has 2 unspecified atom stereocenters. The van der Waals surface area contributed by atoms with Gasteiger partial charge in [0.15, 0.2) is 11.5 Å². The number of amides is 1. The summed E-state index contributed by atoms with van der Waals surface area (Å²) in [7, 11) is 0. The van der Waals surface area contributed by atoms with Crippen LogP contribution in [0, 0.1) is 12.7 Å². The molecular formula is C32H33ClFN7O2. The van der Waals surface area contributed by atoms with E-state index < -0.39 is 11.5 Å². The molecule has 9 nitrogen and oxygen atoms in total. The van der Waals surface area contributed by atoms with Gasteiger partial charge in [0.05, 0.1) is 33.2 Å². The van der Waals surface area contributed by atoms with Crippen molar-refractivity contribution in [2.24, 2.45) is 0 Å². The number of piperazine rings is 1. The number of pyridine rings is 1. The summed E-state index contributed by atoms with van der Waals surface area (Å²) in [6.07, 6.45) is 2.86. The fourth-order valence-corrected chi connectivity index (χ4v) is 5.85. The van der Waals surface area contributed by atoms with Crippen molar-refractivity contribution in [3.63, 3.8) is 0 Å². The Balaban J connectivity index is 1.85. The molecule has 0 N–H and O–H groups in total. The molecule has 2 atom stereocenters. The number of anilines is 1. The maximum Gasteiger partial charge on any atom is 0.355 e. The maximum atomic E-state index is 15.0. The van der Waals surface area contributed by atoms with Gasteiger partial charge in [0.2, 0.25) is 5.91 Å². The second-order valence-corrected chi connectivity index (χ2v) is 11.4. The summed E-state index contributed by atoms with van der Waals surface area (Å²) < 4.78 is 16.4. The molecule has 1 saturated heterocycles. The normalized spacial score (nSPS) is 17.0. The molecule has 4 heterocycles. The van der Waals surface area contributed by atoms with E-state index in [0.29, 0.717) is 47.2 Å². The number of halogens is 2. The fourth-order valence-electron chi connectivity index (χ4n) is 5.60. The predicted molar refractivity (Wildman–Crippen MR) is 168 cm³/mol. The largest absolute Gasteiger partial charge is 0.355 e. The lowest BCUT2D eigenvalue weighted by molar-refractivity contribution is -0.128. The van der Waals surface area contributed by atoms with Crippen LogP contribution in [-0.2, 0) is 4.79 Å². The topological polar surface area (TPSA) is 97.1 Å². The molecule has 1 amide bonds. The van der Waals surface area contributed by atoms with Crippen molar-refractivity contribution in [2.45, 2.75) is 52.6 Å². The Morgan fingerprint density at radius 3 is 2.47 bits per heavy atom. The lowest BCUT2D eigenvalue weighted by Crippen LogP contribution is -2.58. The molecule has 4 aromatic rings. The third kappa shape index (κ3) is 5.31. The molecule has 11 heteroatoms. The Hall–Kier alpha value is -4.44. The minimum Gasteiger partial charge on any atom is -0.349 e. The summed E-state index contributed by atoms with van der Waals surface area (Å²) >= 11 is 6.80. The van der Waals surface area contributed by atoms with E-state index in [4.69, 9.17) is 16.6 Å². The summed E-state index contributed by atoms with van der Waals surface area (Å²) in [6.45, 7) is 17.8. The SMILES string of the molecule is C=CC(=O)N1CC(C)N(c2nc(=O)n(-c3c(C)nc(C=C)nc3C(C)C)c3nc(-c4ccccc4F)c(Cl)cc23)CC1C. The number of rotatable bonds is 6. The van der Waals surface area contributed by atoms with Crippen LogP contribution in [0.5, 0.6) is 0 Å². The number of nitrogens with zero attached hydrogens (tertiary/aromatic N) is 7. The van der Waals surface area contributed by atoms with Crippen molar-refractivity contribution in [3.8, 4) is 16.9 Å². The van der Waals surface area contributed by atoms with Crippen LogP contribution in [0.4, 0.5) is 10.2 Å². The fraction of sp³-hybridized carbons (Fsp3) is 0.312. The van der Waals surface area contributed by atoms with Crippen molar-refractivity contribution in [3.05, 3.63) is 88.1 Å². The third-order valence-corrected chi connectivity index (χ3v) is 7.99. The van der Waals surface area contributed by atoms with Crippen LogP contribution in [0.3, 0.4) is 0 Å². The van der Waals surface area contributed by atoms with Gasteiger partial charge in [-0.25, -0.2) is 28.7 Å². The lowest BCUT2D eigenvalue weighted by atomic mass is 10.1. The molecule has 0 spiro atoms. The molecule has 0 saturated carbocycles. The first-order chi connectivity index (χ1) is 20.5. The van der Waals surface area contributed by atoms with Crippen LogP contribution < -0.4 is 10.6 Å². The first-order valence-electron chi connectivity index (χ1n) is 14.1. The monoisotopic (exact) mass is 601 g/mol. The molecule has 0 aliphatic carbocycles. The van der Waals surface area contributed by atoms with E-state index in [9.17, 15) is 9.59 Å². The molecule has 0 radical (unpaired) electrons. The van der Waals surface area contributed by atoms with Crippen molar-refractivity contribution in [1.29, 1.82) is 0 Å². The average molecular weight is 602 g/mol. The second kappa shape index (κ2) is 11.7. The van der Waals surface area contributed by atoms with Crippen LogP contribution in [0.2, 0.25) is 5.02 Å². The van der Waals surface area contributed by atoms with E-state index in [1.54, 1.807) is 42.2 Å². The van der Waals surface area contributed by atoms with E-state index in [1.165, 1.54) is 16.7 Å². The molecule has 1 fully saturated rings. The summed E-state index contributed by atoms with van der Waals surface area (Å²) in [5.74, 6) is 0.0632. The Kier molecular flexibility index (Phi) is 8.16. The molecule has 222 valence electrons. The molecule has 3 aromatic heterocycles. The van der Waals surface area contributed by atoms with Crippen molar-refractivity contribution in [2.75, 3.05) is 18.0 Å². The summed E-state index contributed by atoms with van der Waals surface area (Å²) in [5.41, 5.74) is 1.63. The highest BCUT2D eigenvalue weighted by Gasteiger charge is 2.34. The van der Waals surface area contributed by atoms with Crippen LogP contribution in [0.15, 0.2) is 54.4 Å². The standard InChI is InChI=1S/C32H33ClFN7O2/c1-8-25-35-20(7)29(27(36-25)17(3)4)41-31-22(14-23(33)28(37-31)21-12-10-11-13-24(21)34)30(38-32(41)43)40-16-18(5)39(15-19(40)6)26(42)9-2/h8-14,17-19H,1-2,15-16H2,3-7H3. The zero-order chi connectivity index (χ0) is 31.2. The second-order valence-electron chi connectivity index (χ2n) is 11.0. The molecule has 0 bridgehead atoms. The summed E-state index contributed by atoms with van der Waals surface area (Å²) in [5, 5.41) is 0.695. The van der Waals surface area contributed by atoms with E-state index in [2.05, 4.69) is 28.1 Å². The van der Waals surface area contributed by atoms with Crippen LogP contribution in [0.25, 0.3) is 34.1 Å². The highest BCUT2D eigenvalue weighted by atomic mass is 35.5. The van der Waals surface area contributed by atoms with Gasteiger partial charge in [0, 0.05) is 30.7 Å². The number of aromatic nitrogens is 5. The van der Waals surface area contributed by atoms with E-state index in [-0.39, 0.29) is 45.8 Å². The van der Waals surface area contributed by atoms with Crippen LogP contribution >= 0.6 is 11.6 Å². The zero-order valence-electron chi connectivity index (χ0n) is 24.8. The molecule has 1 aliphatic rings. The molecule has 43 heavy (non-hydrogen) atoms. The summed E-state index contributed by atoms with van der Waals surface area (Å²) in [6, 6.07) is 7.50. The highest BCUT2D eigenvalue weighted by molar-refractivity contribution is 6.33. The first kappa shape index (κ1) is 30.0. The van der Waals surface area contributed by atoms with Gasteiger partial charge in [-0.15, -0.1) is 0 Å². The Morgan fingerprint density at radius 1 is 1.09 bits per heavy atom. The molecular weight excluding hydrogens is 569 g/mol. The smallest absolute Gasteiger partial charge is 0.349 e. The van der Waals surface area contributed by atoms with Crippen molar-refractivity contribution < 1.29 is 9.18 Å². The molecule has 5 rings (SSSR count). The quantitative estimate of drug-likeness (QED) is 0.261. The zero-order valence-corrected chi connectivity index (χ0v) is 25.6. The Labute approximate surface area is 254 Å². The van der Waals surface area contributed by atoms with Crippen molar-refractivity contribution in [1.82, 2.24) is 29.4 Å². The van der Waals surface area contributed by atoms with E-state index in [0.717, 1.165) is 0 Å². The van der Waals surface area contributed by atoms with Crippen LogP contribution in [0.1, 0.15) is 50.8 Å². The van der Waals surface area contributed by atoms with Gasteiger partial charge in [0.25, 0.3) is 0 Å². The van der Waals surface area contributed by atoms with E-state index in [1.807, 2.05) is 32.6 Å².